The monoisotopic (exact) mass is 400 g/mol. The Morgan fingerprint density at radius 2 is 1.79 bits per heavy atom. The molecule has 0 fully saturated rings. The van der Waals surface area contributed by atoms with Gasteiger partial charge in [0.15, 0.2) is 0 Å². The Hall–Kier alpha value is -2.67. The summed E-state index contributed by atoms with van der Waals surface area (Å²) in [4.78, 5) is 37.2. The second kappa shape index (κ2) is 9.01. The number of amides is 2. The third-order valence-electron chi connectivity index (χ3n) is 4.86. The van der Waals surface area contributed by atoms with Gasteiger partial charge >= 0.3 is 5.97 Å². The molecule has 148 valence electrons. The highest BCUT2D eigenvalue weighted by Gasteiger charge is 2.26. The number of thiophene rings is 1. The topological polar surface area (TPSA) is 95.5 Å². The largest absolute Gasteiger partial charge is 0.481 e. The van der Waals surface area contributed by atoms with Gasteiger partial charge in [-0.25, -0.2) is 0 Å². The minimum atomic E-state index is -1.02. The van der Waals surface area contributed by atoms with Crippen molar-refractivity contribution in [3.63, 3.8) is 0 Å². The van der Waals surface area contributed by atoms with Crippen LogP contribution in [0.15, 0.2) is 24.3 Å². The number of carbonyl (C=O) groups is 3. The molecule has 0 aliphatic heterocycles. The molecule has 0 bridgehead atoms. The Morgan fingerprint density at radius 1 is 1.04 bits per heavy atom. The molecule has 0 saturated carbocycles. The minimum Gasteiger partial charge on any atom is -0.481 e. The molecule has 0 radical (unpaired) electrons. The van der Waals surface area contributed by atoms with Crippen LogP contribution in [0.5, 0.6) is 0 Å². The summed E-state index contributed by atoms with van der Waals surface area (Å²) in [5.41, 5.74) is 3.24. The number of fused-ring (bicyclic) bond motifs is 1. The van der Waals surface area contributed by atoms with E-state index in [4.69, 9.17) is 5.11 Å². The molecule has 6 nitrogen and oxygen atoms in total. The molecule has 0 spiro atoms. The van der Waals surface area contributed by atoms with E-state index >= 15 is 0 Å². The van der Waals surface area contributed by atoms with Crippen LogP contribution in [0.3, 0.4) is 0 Å². The third-order valence-corrected chi connectivity index (χ3v) is 6.07. The number of benzene rings is 1. The number of para-hydroxylation sites is 1. The summed E-state index contributed by atoms with van der Waals surface area (Å²) >= 11 is 1.44. The van der Waals surface area contributed by atoms with Gasteiger partial charge in [-0.15, -0.1) is 11.3 Å². The Morgan fingerprint density at radius 3 is 2.54 bits per heavy atom. The van der Waals surface area contributed by atoms with Gasteiger partial charge in [-0.3, -0.25) is 14.4 Å². The maximum Gasteiger partial charge on any atom is 0.303 e. The standard InChI is InChI=1S/C21H24N2O4S/c1-13-7-5-6-9-15(13)22-20(27)19-14-8-3-2-4-10-16(14)28-21(19)23-17(24)11-12-18(25)26/h5-7,9H,2-4,8,10-12H2,1H3,(H,22,27)(H,23,24)(H,25,26). The Balaban J connectivity index is 1.89. The number of aliphatic carboxylic acids is 1. The van der Waals surface area contributed by atoms with Crippen molar-refractivity contribution >= 4 is 39.8 Å². The van der Waals surface area contributed by atoms with Crippen molar-refractivity contribution in [2.75, 3.05) is 10.6 Å². The number of anilines is 2. The van der Waals surface area contributed by atoms with E-state index in [-0.39, 0.29) is 24.7 Å². The lowest BCUT2D eigenvalue weighted by atomic mass is 10.0. The molecule has 28 heavy (non-hydrogen) atoms. The van der Waals surface area contributed by atoms with Crippen molar-refractivity contribution in [1.82, 2.24) is 0 Å². The lowest BCUT2D eigenvalue weighted by Crippen LogP contribution is -2.18. The predicted octanol–water partition coefficient (Wildman–Crippen LogP) is 4.38. The predicted molar refractivity (Wildman–Crippen MR) is 110 cm³/mol. The van der Waals surface area contributed by atoms with Crippen LogP contribution in [0.4, 0.5) is 10.7 Å². The maximum atomic E-state index is 13.1. The molecule has 3 rings (SSSR count). The average molecular weight is 401 g/mol. The number of carbonyl (C=O) groups excluding carboxylic acids is 2. The lowest BCUT2D eigenvalue weighted by molar-refractivity contribution is -0.138. The zero-order valence-corrected chi connectivity index (χ0v) is 16.7. The van der Waals surface area contributed by atoms with E-state index in [9.17, 15) is 14.4 Å². The summed E-state index contributed by atoms with van der Waals surface area (Å²) in [6.45, 7) is 1.93. The van der Waals surface area contributed by atoms with Crippen LogP contribution in [-0.4, -0.2) is 22.9 Å². The fourth-order valence-electron chi connectivity index (χ4n) is 3.38. The number of hydrogen-bond acceptors (Lipinski definition) is 4. The van der Waals surface area contributed by atoms with Crippen LogP contribution < -0.4 is 10.6 Å². The number of hydrogen-bond donors (Lipinski definition) is 3. The van der Waals surface area contributed by atoms with Gasteiger partial charge in [0, 0.05) is 17.0 Å². The summed E-state index contributed by atoms with van der Waals surface area (Å²) in [6.07, 6.45) is 4.57. The summed E-state index contributed by atoms with van der Waals surface area (Å²) in [5.74, 6) is -1.64. The zero-order valence-electron chi connectivity index (χ0n) is 15.8. The van der Waals surface area contributed by atoms with Gasteiger partial charge in [0.2, 0.25) is 5.91 Å². The van der Waals surface area contributed by atoms with Gasteiger partial charge in [-0.2, -0.15) is 0 Å². The molecule has 0 unspecified atom stereocenters. The Kier molecular flexibility index (Phi) is 6.46. The van der Waals surface area contributed by atoms with E-state index in [1.165, 1.54) is 11.3 Å². The van der Waals surface area contributed by atoms with Crippen LogP contribution >= 0.6 is 11.3 Å². The molecule has 1 aliphatic rings. The third kappa shape index (κ3) is 4.78. The van der Waals surface area contributed by atoms with E-state index < -0.39 is 5.97 Å². The fourth-order valence-corrected chi connectivity index (χ4v) is 4.68. The van der Waals surface area contributed by atoms with Gasteiger partial charge < -0.3 is 15.7 Å². The molecule has 1 aromatic carbocycles. The van der Waals surface area contributed by atoms with Crippen LogP contribution in [0.2, 0.25) is 0 Å². The fraction of sp³-hybridized carbons (Fsp3) is 0.381. The van der Waals surface area contributed by atoms with E-state index in [0.29, 0.717) is 10.6 Å². The van der Waals surface area contributed by atoms with E-state index in [2.05, 4.69) is 10.6 Å². The second-order valence-corrected chi connectivity index (χ2v) is 8.08. The highest BCUT2D eigenvalue weighted by molar-refractivity contribution is 7.17. The molecule has 2 aromatic rings. The normalized spacial score (nSPS) is 13.3. The molecule has 1 heterocycles. The van der Waals surface area contributed by atoms with E-state index in [0.717, 1.165) is 53.8 Å². The van der Waals surface area contributed by atoms with E-state index in [1.807, 2.05) is 31.2 Å². The highest BCUT2D eigenvalue weighted by atomic mass is 32.1. The van der Waals surface area contributed by atoms with E-state index in [1.54, 1.807) is 0 Å². The zero-order chi connectivity index (χ0) is 20.1. The van der Waals surface area contributed by atoms with Gasteiger partial charge in [0.1, 0.15) is 5.00 Å². The number of aryl methyl sites for hydroxylation is 2. The van der Waals surface area contributed by atoms with Crippen molar-refractivity contribution in [2.45, 2.75) is 51.9 Å². The van der Waals surface area contributed by atoms with Crippen LogP contribution in [-0.2, 0) is 22.4 Å². The number of nitrogens with one attached hydrogen (secondary N) is 2. The minimum absolute atomic E-state index is 0.114. The summed E-state index contributed by atoms with van der Waals surface area (Å²) in [6, 6.07) is 7.56. The van der Waals surface area contributed by atoms with Crippen LogP contribution in [0.25, 0.3) is 0 Å². The molecule has 0 saturated heterocycles. The van der Waals surface area contributed by atoms with Crippen LogP contribution in [0, 0.1) is 6.92 Å². The summed E-state index contributed by atoms with van der Waals surface area (Å²) in [7, 11) is 0. The Labute approximate surface area is 168 Å². The van der Waals surface area contributed by atoms with Crippen molar-refractivity contribution in [2.24, 2.45) is 0 Å². The molecular weight excluding hydrogens is 376 g/mol. The molecule has 3 N–H and O–H groups in total. The molecule has 0 atom stereocenters. The van der Waals surface area contributed by atoms with Gasteiger partial charge in [-0.05, 0) is 49.8 Å². The second-order valence-electron chi connectivity index (χ2n) is 6.98. The summed E-state index contributed by atoms with van der Waals surface area (Å²) in [5, 5.41) is 15.1. The highest BCUT2D eigenvalue weighted by Crippen LogP contribution is 2.38. The summed E-state index contributed by atoms with van der Waals surface area (Å²) < 4.78 is 0. The Bertz CT molecular complexity index is 904. The van der Waals surface area contributed by atoms with Crippen molar-refractivity contribution < 1.29 is 19.5 Å². The van der Waals surface area contributed by atoms with Gasteiger partial charge in [0.25, 0.3) is 5.91 Å². The average Bonchev–Trinajstić information content (AvgIpc) is 2.82. The van der Waals surface area contributed by atoms with Gasteiger partial charge in [0.05, 0.1) is 12.0 Å². The SMILES string of the molecule is Cc1ccccc1NC(=O)c1c(NC(=O)CCC(=O)O)sc2c1CCCCC2. The molecule has 2 amide bonds. The van der Waals surface area contributed by atoms with Crippen molar-refractivity contribution in [3.8, 4) is 0 Å². The van der Waals surface area contributed by atoms with Crippen molar-refractivity contribution in [3.05, 3.63) is 45.8 Å². The maximum absolute atomic E-state index is 13.1. The molecular formula is C21H24N2O4S. The number of carboxylic acids is 1. The molecule has 1 aliphatic carbocycles. The first-order valence-corrected chi connectivity index (χ1v) is 10.3. The van der Waals surface area contributed by atoms with Gasteiger partial charge in [-0.1, -0.05) is 24.6 Å². The number of rotatable bonds is 6. The number of carboxylic acid groups (broad SMARTS) is 1. The molecule has 7 heteroatoms. The lowest BCUT2D eigenvalue weighted by Gasteiger charge is -2.11. The first-order valence-electron chi connectivity index (χ1n) is 9.49. The smallest absolute Gasteiger partial charge is 0.303 e. The first kappa shape index (κ1) is 20.1. The van der Waals surface area contributed by atoms with Crippen molar-refractivity contribution in [1.29, 1.82) is 0 Å². The van der Waals surface area contributed by atoms with Crippen LogP contribution in [0.1, 0.15) is 58.5 Å². The quantitative estimate of drug-likeness (QED) is 0.627. The molecule has 1 aromatic heterocycles. The first-order chi connectivity index (χ1) is 13.5.